The maximum Gasteiger partial charge on any atom is 0.284 e. The molecule has 0 radical (unpaired) electrons. The van der Waals surface area contributed by atoms with E-state index in [1.54, 1.807) is 53.1 Å². The van der Waals surface area contributed by atoms with Crippen molar-refractivity contribution in [3.63, 3.8) is 0 Å². The van der Waals surface area contributed by atoms with Gasteiger partial charge in [0.05, 0.1) is 22.7 Å². The maximum absolute atomic E-state index is 12.9. The van der Waals surface area contributed by atoms with Gasteiger partial charge in [0, 0.05) is 6.07 Å². The van der Waals surface area contributed by atoms with Crippen molar-refractivity contribution in [3.05, 3.63) is 72.3 Å². The van der Waals surface area contributed by atoms with Crippen LogP contribution in [0.3, 0.4) is 0 Å². The number of benzene rings is 2. The number of aryl methyl sites for hydroxylation is 1. The van der Waals surface area contributed by atoms with Gasteiger partial charge in [0.15, 0.2) is 6.54 Å². The number of rotatable bonds is 6. The first kappa shape index (κ1) is 19.9. The van der Waals surface area contributed by atoms with E-state index in [2.05, 4.69) is 4.83 Å². The molecule has 0 fully saturated rings. The number of imidazole rings is 1. The van der Waals surface area contributed by atoms with Gasteiger partial charge in [-0.1, -0.05) is 29.8 Å². The Bertz CT molecular complexity index is 1100. The van der Waals surface area contributed by atoms with Gasteiger partial charge in [-0.3, -0.25) is 4.79 Å². The Morgan fingerprint density at radius 2 is 1.96 bits per heavy atom. The predicted molar refractivity (Wildman–Crippen MR) is 103 cm³/mol. The molecule has 0 unspecified atom stereocenters. The molecule has 28 heavy (non-hydrogen) atoms. The first-order chi connectivity index (χ1) is 13.3. The van der Waals surface area contributed by atoms with Crippen molar-refractivity contribution < 1.29 is 22.9 Å². The van der Waals surface area contributed by atoms with Crippen molar-refractivity contribution in [1.29, 1.82) is 0 Å². The van der Waals surface area contributed by atoms with E-state index in [0.29, 0.717) is 0 Å². The van der Waals surface area contributed by atoms with Gasteiger partial charge in [-0.15, -0.1) is 4.83 Å². The van der Waals surface area contributed by atoms with Crippen molar-refractivity contribution in [2.45, 2.75) is 11.4 Å². The van der Waals surface area contributed by atoms with Crippen molar-refractivity contribution >= 4 is 33.2 Å². The zero-order valence-corrected chi connectivity index (χ0v) is 16.4. The number of phenols is 1. The van der Waals surface area contributed by atoms with E-state index in [-0.39, 0.29) is 27.9 Å². The molecule has 0 spiro atoms. The highest BCUT2D eigenvalue weighted by Gasteiger charge is 2.27. The van der Waals surface area contributed by atoms with E-state index in [4.69, 9.17) is 11.6 Å². The number of carbonyl (C=O) groups excluding carboxylic acids is 1. The first-order valence-corrected chi connectivity index (χ1v) is 10.0. The summed E-state index contributed by atoms with van der Waals surface area (Å²) in [7, 11) is -2.27. The average Bonchev–Trinajstić information content (AvgIpc) is 3.07. The summed E-state index contributed by atoms with van der Waals surface area (Å²) in [5.74, 6) is -0.758. The minimum atomic E-state index is -4.07. The Labute approximate surface area is 167 Å². The molecule has 3 aromatic rings. The highest BCUT2D eigenvalue weighted by molar-refractivity contribution is 7.89. The lowest BCUT2D eigenvalue weighted by atomic mass is 10.3. The fourth-order valence-electron chi connectivity index (χ4n) is 2.50. The van der Waals surface area contributed by atoms with Crippen LogP contribution in [-0.2, 0) is 28.4 Å². The van der Waals surface area contributed by atoms with Gasteiger partial charge in [-0.2, -0.15) is 0 Å². The van der Waals surface area contributed by atoms with Crippen LogP contribution in [0.2, 0.25) is 5.02 Å². The van der Waals surface area contributed by atoms with Crippen LogP contribution in [0.4, 0.5) is 5.69 Å². The van der Waals surface area contributed by atoms with Crippen molar-refractivity contribution in [3.8, 4) is 5.75 Å². The molecule has 2 aromatic carbocycles. The van der Waals surface area contributed by atoms with Crippen molar-refractivity contribution in [2.24, 2.45) is 7.05 Å². The molecule has 146 valence electrons. The minimum Gasteiger partial charge on any atom is -0.508 e. The molecule has 0 aliphatic heterocycles. The molecule has 3 rings (SSSR count). The molecule has 0 atom stereocenters. The fraction of sp³-hybridized carbons (Fsp3) is 0.111. The lowest BCUT2D eigenvalue weighted by molar-refractivity contribution is -0.671. The van der Waals surface area contributed by atoms with Crippen LogP contribution < -0.4 is 14.4 Å². The number of hydrazine groups is 1. The minimum absolute atomic E-state index is 0.0164. The number of hydrogen-bond donors (Lipinski definition) is 2. The lowest BCUT2D eigenvalue weighted by Crippen LogP contribution is -2.48. The Hall–Kier alpha value is -2.88. The quantitative estimate of drug-likeness (QED) is 0.466. The number of nitrogens with zero attached hydrogens (tertiary/aromatic N) is 3. The number of aromatic nitrogens is 2. The summed E-state index contributed by atoms with van der Waals surface area (Å²) in [6.45, 7) is -0.149. The number of phenolic OH excluding ortho intramolecular Hbond substituents is 1. The van der Waals surface area contributed by atoms with Crippen LogP contribution >= 0.6 is 11.6 Å². The number of aromatic hydroxyl groups is 1. The highest BCUT2D eigenvalue weighted by Crippen LogP contribution is 2.29. The molecule has 10 heteroatoms. The van der Waals surface area contributed by atoms with Gasteiger partial charge in [-0.05, 0) is 24.3 Å². The van der Waals surface area contributed by atoms with Gasteiger partial charge in [0.2, 0.25) is 6.33 Å². The average molecular weight is 422 g/mol. The molecule has 8 nitrogen and oxygen atoms in total. The van der Waals surface area contributed by atoms with Crippen LogP contribution in [0.15, 0.2) is 72.1 Å². The summed E-state index contributed by atoms with van der Waals surface area (Å²) in [4.78, 5) is 15.2. The van der Waals surface area contributed by atoms with Gasteiger partial charge in [0.25, 0.3) is 15.9 Å². The third-order valence-corrected chi connectivity index (χ3v) is 5.46. The van der Waals surface area contributed by atoms with Gasteiger partial charge in [-0.25, -0.2) is 22.6 Å². The summed E-state index contributed by atoms with van der Waals surface area (Å²) in [5, 5.41) is 10.7. The maximum atomic E-state index is 12.9. The molecule has 0 saturated carbocycles. The third kappa shape index (κ3) is 4.50. The molecular formula is C18H18ClN4O4S+. The van der Waals surface area contributed by atoms with E-state index >= 15 is 0 Å². The van der Waals surface area contributed by atoms with E-state index in [0.717, 1.165) is 5.01 Å². The Morgan fingerprint density at radius 3 is 2.61 bits per heavy atom. The van der Waals surface area contributed by atoms with E-state index in [1.165, 1.54) is 30.3 Å². The molecule has 1 heterocycles. The third-order valence-electron chi connectivity index (χ3n) is 3.83. The Balaban J connectivity index is 1.99. The molecule has 2 N–H and O–H groups in total. The molecule has 1 amide bonds. The van der Waals surface area contributed by atoms with Crippen LogP contribution in [0, 0.1) is 0 Å². The van der Waals surface area contributed by atoms with E-state index in [9.17, 15) is 18.3 Å². The normalized spacial score (nSPS) is 11.4. The molecular weight excluding hydrogens is 404 g/mol. The van der Waals surface area contributed by atoms with Crippen LogP contribution in [0.5, 0.6) is 5.75 Å². The largest absolute Gasteiger partial charge is 0.508 e. The van der Waals surface area contributed by atoms with Crippen LogP contribution in [-0.4, -0.2) is 24.0 Å². The second-order valence-electron chi connectivity index (χ2n) is 6.02. The number of hydrogen-bond acceptors (Lipinski definition) is 4. The van der Waals surface area contributed by atoms with Crippen LogP contribution in [0.1, 0.15) is 0 Å². The van der Waals surface area contributed by atoms with Crippen LogP contribution in [0.25, 0.3) is 0 Å². The number of anilines is 1. The predicted octanol–water partition coefficient (Wildman–Crippen LogP) is 1.60. The monoisotopic (exact) mass is 421 g/mol. The molecule has 1 aromatic heterocycles. The number of sulfonamides is 1. The summed E-state index contributed by atoms with van der Waals surface area (Å²) in [6.07, 6.45) is 5.09. The summed E-state index contributed by atoms with van der Waals surface area (Å²) in [5.41, 5.74) is 0.0164. The first-order valence-electron chi connectivity index (χ1n) is 8.16. The van der Waals surface area contributed by atoms with E-state index in [1.807, 2.05) is 0 Å². The summed E-state index contributed by atoms with van der Waals surface area (Å²) < 4.78 is 28.8. The number of amides is 1. The van der Waals surface area contributed by atoms with Gasteiger partial charge < -0.3 is 5.11 Å². The Kier molecular flexibility index (Phi) is 5.68. The lowest BCUT2D eigenvalue weighted by Gasteiger charge is -2.23. The second kappa shape index (κ2) is 8.01. The summed E-state index contributed by atoms with van der Waals surface area (Å²) in [6, 6.07) is 11.6. The zero-order valence-electron chi connectivity index (χ0n) is 14.9. The number of halogens is 1. The second-order valence-corrected chi connectivity index (χ2v) is 8.09. The Morgan fingerprint density at radius 1 is 1.25 bits per heavy atom. The highest BCUT2D eigenvalue weighted by atomic mass is 35.5. The fourth-order valence-corrected chi connectivity index (χ4v) is 3.76. The molecule has 0 aliphatic carbocycles. The van der Waals surface area contributed by atoms with Crippen molar-refractivity contribution in [2.75, 3.05) is 5.01 Å². The smallest absolute Gasteiger partial charge is 0.284 e. The summed E-state index contributed by atoms with van der Waals surface area (Å²) >= 11 is 6.17. The van der Waals surface area contributed by atoms with Crippen molar-refractivity contribution in [1.82, 2.24) is 9.40 Å². The van der Waals surface area contributed by atoms with Gasteiger partial charge in [0.1, 0.15) is 18.1 Å². The number of carbonyl (C=O) groups is 1. The van der Waals surface area contributed by atoms with E-state index < -0.39 is 15.9 Å². The SMILES string of the molecule is C[n+]1ccn(CC(=O)N(NS(=O)(=O)c2ccccc2)c2cc(O)ccc2Cl)c1. The number of nitrogens with one attached hydrogen (secondary N) is 1. The van der Waals surface area contributed by atoms with Gasteiger partial charge >= 0.3 is 0 Å². The standard InChI is InChI=1S/C18H17ClN4O4S/c1-21-9-10-22(13-21)12-18(25)23(17-11-14(24)7-8-16(17)19)20-28(26,27)15-5-3-2-4-6-15/h2-11,13,20H,12H2,1H3/p+1. The molecule has 0 bridgehead atoms. The molecule has 0 saturated heterocycles. The topological polar surface area (TPSA) is 95.5 Å². The molecule has 0 aliphatic rings. The zero-order chi connectivity index (χ0) is 20.3.